The summed E-state index contributed by atoms with van der Waals surface area (Å²) in [6.45, 7) is 3.44. The molecule has 0 amide bonds. The summed E-state index contributed by atoms with van der Waals surface area (Å²) < 4.78 is 0. The molecule has 4 nitrogen and oxygen atoms in total. The second kappa shape index (κ2) is 6.25. The highest BCUT2D eigenvalue weighted by molar-refractivity contribution is 5.79. The van der Waals surface area contributed by atoms with Gasteiger partial charge in [0.15, 0.2) is 0 Å². The first-order valence-corrected chi connectivity index (χ1v) is 8.91. The molecule has 0 aromatic rings. The Morgan fingerprint density at radius 1 is 1.29 bits per heavy atom. The maximum Gasteiger partial charge on any atom is 0.323 e. The van der Waals surface area contributed by atoms with E-state index >= 15 is 0 Å². The highest BCUT2D eigenvalue weighted by Crippen LogP contribution is 2.39. The van der Waals surface area contributed by atoms with Crippen LogP contribution in [-0.2, 0) is 4.79 Å². The van der Waals surface area contributed by atoms with E-state index in [1.54, 1.807) is 0 Å². The number of nitrogens with zero attached hydrogens (tertiary/aromatic N) is 1. The fourth-order valence-electron chi connectivity index (χ4n) is 4.45. The molecule has 3 rings (SSSR count). The molecule has 1 heterocycles. The summed E-state index contributed by atoms with van der Waals surface area (Å²) in [5, 5.41) is 13.2. The van der Waals surface area contributed by atoms with Crippen LogP contribution in [0.5, 0.6) is 0 Å². The van der Waals surface area contributed by atoms with Crippen LogP contribution < -0.4 is 5.32 Å². The third-order valence-electron chi connectivity index (χ3n) is 5.72. The SMILES string of the molecule is CCCC1CCCCN1C1CCC(NC2CC2)(C(=O)O)C1. The van der Waals surface area contributed by atoms with Gasteiger partial charge < -0.3 is 5.11 Å². The molecular formula is C17H30N2O2. The van der Waals surface area contributed by atoms with Crippen molar-refractivity contribution >= 4 is 5.97 Å². The van der Waals surface area contributed by atoms with Crippen LogP contribution in [0.15, 0.2) is 0 Å². The zero-order valence-corrected chi connectivity index (χ0v) is 13.3. The average molecular weight is 294 g/mol. The van der Waals surface area contributed by atoms with E-state index < -0.39 is 11.5 Å². The van der Waals surface area contributed by atoms with Crippen LogP contribution in [0, 0.1) is 0 Å². The molecule has 0 aromatic carbocycles. The first-order valence-electron chi connectivity index (χ1n) is 8.91. The number of nitrogens with one attached hydrogen (secondary N) is 1. The van der Waals surface area contributed by atoms with Crippen molar-refractivity contribution in [3.05, 3.63) is 0 Å². The molecule has 2 saturated carbocycles. The topological polar surface area (TPSA) is 52.6 Å². The standard InChI is InChI=1S/C17H30N2O2/c1-2-5-14-6-3-4-11-19(14)15-9-10-17(12-15,16(20)21)18-13-7-8-13/h13-15,18H,2-12H2,1H3,(H,20,21). The molecule has 3 aliphatic rings. The van der Waals surface area contributed by atoms with E-state index in [0.29, 0.717) is 18.1 Å². The Morgan fingerprint density at radius 2 is 2.10 bits per heavy atom. The van der Waals surface area contributed by atoms with Crippen LogP contribution in [0.1, 0.15) is 71.1 Å². The molecule has 1 saturated heterocycles. The molecule has 1 aliphatic heterocycles. The number of hydrogen-bond donors (Lipinski definition) is 2. The van der Waals surface area contributed by atoms with Crippen molar-refractivity contribution < 1.29 is 9.90 Å². The predicted octanol–water partition coefficient (Wildman–Crippen LogP) is 2.77. The van der Waals surface area contributed by atoms with Crippen LogP contribution >= 0.6 is 0 Å². The maximum absolute atomic E-state index is 11.8. The monoisotopic (exact) mass is 294 g/mol. The lowest BCUT2D eigenvalue weighted by molar-refractivity contribution is -0.145. The Morgan fingerprint density at radius 3 is 2.76 bits per heavy atom. The number of piperidine rings is 1. The minimum absolute atomic E-state index is 0.465. The van der Waals surface area contributed by atoms with Crippen LogP contribution in [0.4, 0.5) is 0 Å². The van der Waals surface area contributed by atoms with E-state index in [-0.39, 0.29) is 0 Å². The third kappa shape index (κ3) is 3.26. The first kappa shape index (κ1) is 15.3. The van der Waals surface area contributed by atoms with Gasteiger partial charge in [0.1, 0.15) is 5.54 Å². The molecule has 4 heteroatoms. The van der Waals surface area contributed by atoms with E-state index in [1.807, 2.05) is 0 Å². The van der Waals surface area contributed by atoms with E-state index in [4.69, 9.17) is 0 Å². The van der Waals surface area contributed by atoms with Gasteiger partial charge in [0.25, 0.3) is 0 Å². The molecule has 21 heavy (non-hydrogen) atoms. The Kier molecular flexibility index (Phi) is 4.55. The van der Waals surface area contributed by atoms with E-state index in [9.17, 15) is 9.90 Å². The summed E-state index contributed by atoms with van der Waals surface area (Å²) in [6, 6.07) is 1.64. The number of aliphatic carboxylic acids is 1. The molecule has 0 bridgehead atoms. The summed E-state index contributed by atoms with van der Waals surface area (Å²) in [7, 11) is 0. The normalized spacial score (nSPS) is 37.8. The number of carboxylic acids is 1. The van der Waals surface area contributed by atoms with E-state index in [2.05, 4.69) is 17.1 Å². The van der Waals surface area contributed by atoms with Crippen molar-refractivity contribution in [2.45, 2.75) is 94.8 Å². The molecule has 3 unspecified atom stereocenters. The fourth-order valence-corrected chi connectivity index (χ4v) is 4.45. The van der Waals surface area contributed by atoms with Crippen LogP contribution in [0.25, 0.3) is 0 Å². The summed E-state index contributed by atoms with van der Waals surface area (Å²) in [4.78, 5) is 14.5. The van der Waals surface area contributed by atoms with Crippen molar-refractivity contribution in [1.29, 1.82) is 0 Å². The van der Waals surface area contributed by atoms with Gasteiger partial charge in [0.2, 0.25) is 0 Å². The summed E-state index contributed by atoms with van der Waals surface area (Å²) in [5.74, 6) is -0.624. The summed E-state index contributed by atoms with van der Waals surface area (Å²) in [5.41, 5.74) is -0.639. The largest absolute Gasteiger partial charge is 0.480 e. The number of hydrogen-bond acceptors (Lipinski definition) is 3. The molecule has 2 N–H and O–H groups in total. The highest BCUT2D eigenvalue weighted by atomic mass is 16.4. The first-order chi connectivity index (χ1) is 10.1. The van der Waals surface area contributed by atoms with Gasteiger partial charge in [-0.1, -0.05) is 19.8 Å². The third-order valence-corrected chi connectivity index (χ3v) is 5.72. The molecule has 0 radical (unpaired) electrons. The van der Waals surface area contributed by atoms with Crippen LogP contribution in [0.3, 0.4) is 0 Å². The smallest absolute Gasteiger partial charge is 0.323 e. The minimum Gasteiger partial charge on any atom is -0.480 e. The van der Waals surface area contributed by atoms with Gasteiger partial charge >= 0.3 is 5.97 Å². The van der Waals surface area contributed by atoms with Gasteiger partial charge in [-0.2, -0.15) is 0 Å². The predicted molar refractivity (Wildman–Crippen MR) is 83.4 cm³/mol. The van der Waals surface area contributed by atoms with Crippen molar-refractivity contribution in [2.24, 2.45) is 0 Å². The fraction of sp³-hybridized carbons (Fsp3) is 0.941. The molecule has 120 valence electrons. The molecule has 3 atom stereocenters. The van der Waals surface area contributed by atoms with Crippen LogP contribution in [-0.4, -0.2) is 46.2 Å². The lowest BCUT2D eigenvalue weighted by Gasteiger charge is -2.40. The van der Waals surface area contributed by atoms with Crippen LogP contribution in [0.2, 0.25) is 0 Å². The van der Waals surface area contributed by atoms with Gasteiger partial charge in [0.05, 0.1) is 0 Å². The zero-order chi connectivity index (χ0) is 14.9. The van der Waals surface area contributed by atoms with Crippen molar-refractivity contribution in [1.82, 2.24) is 10.2 Å². The Bertz CT molecular complexity index is 381. The maximum atomic E-state index is 11.8. The Labute approximate surface area is 128 Å². The number of likely N-dealkylation sites (tertiary alicyclic amines) is 1. The van der Waals surface area contributed by atoms with Gasteiger partial charge in [-0.25, -0.2) is 0 Å². The summed E-state index contributed by atoms with van der Waals surface area (Å²) >= 11 is 0. The number of carbonyl (C=O) groups is 1. The molecule has 0 spiro atoms. The number of carboxylic acid groups (broad SMARTS) is 1. The average Bonchev–Trinajstić information content (AvgIpc) is 3.17. The molecule has 2 aliphatic carbocycles. The van der Waals surface area contributed by atoms with Crippen molar-refractivity contribution in [3.63, 3.8) is 0 Å². The van der Waals surface area contributed by atoms with Crippen molar-refractivity contribution in [3.8, 4) is 0 Å². The molecular weight excluding hydrogens is 264 g/mol. The molecule has 0 aromatic heterocycles. The van der Waals surface area contributed by atoms with Gasteiger partial charge in [-0.05, 0) is 57.9 Å². The van der Waals surface area contributed by atoms with Crippen molar-refractivity contribution in [2.75, 3.05) is 6.54 Å². The van der Waals surface area contributed by atoms with Gasteiger partial charge in [-0.15, -0.1) is 0 Å². The van der Waals surface area contributed by atoms with Gasteiger partial charge in [-0.3, -0.25) is 15.0 Å². The quantitative estimate of drug-likeness (QED) is 0.791. The lowest BCUT2D eigenvalue weighted by atomic mass is 9.93. The Hall–Kier alpha value is -0.610. The second-order valence-electron chi connectivity index (χ2n) is 7.38. The van der Waals surface area contributed by atoms with E-state index in [1.165, 1.54) is 38.6 Å². The summed E-state index contributed by atoms with van der Waals surface area (Å²) in [6.07, 6.45) is 11.4. The molecule has 3 fully saturated rings. The van der Waals surface area contributed by atoms with Gasteiger partial charge in [0, 0.05) is 18.1 Å². The lowest BCUT2D eigenvalue weighted by Crippen LogP contribution is -2.53. The zero-order valence-electron chi connectivity index (χ0n) is 13.3. The van der Waals surface area contributed by atoms with E-state index in [0.717, 1.165) is 32.1 Å². The second-order valence-corrected chi connectivity index (χ2v) is 7.38. The minimum atomic E-state index is -0.639. The highest BCUT2D eigenvalue weighted by Gasteiger charge is 2.50. The number of rotatable bonds is 6. The Balaban J connectivity index is 1.67.